The summed E-state index contributed by atoms with van der Waals surface area (Å²) < 4.78 is 14.8. The zero-order valence-corrected chi connectivity index (χ0v) is 25.7. The van der Waals surface area contributed by atoms with E-state index in [2.05, 4.69) is 20.6 Å². The second-order valence-electron chi connectivity index (χ2n) is 11.7. The van der Waals surface area contributed by atoms with Crippen molar-refractivity contribution in [3.63, 3.8) is 0 Å². The highest BCUT2D eigenvalue weighted by molar-refractivity contribution is 6.11. The number of H-pyrrole nitrogens is 1. The standard InChI is InChI=1S/C34H34FN5O8/c35-26-10-6-5-9-20(26)14-29(32(43)40(48)23-12-21(33(44)45)11-22(13-23)34(46)47)39-31(42)25-16-28-27(37-18-38-28)15-24(25)30(41)36-17-19-7-3-1-2-4-8-19/h5-6,9-13,15-16,18-19,29,48H,1-4,7-8,14,17H2,(H,36,41)(H,37,38)(H,39,42)(H,44,45)(H,46,47)/t29-/m0/s1. The molecule has 0 spiro atoms. The Labute approximate surface area is 273 Å². The Balaban J connectivity index is 1.47. The van der Waals surface area contributed by atoms with E-state index in [1.165, 1.54) is 36.7 Å². The van der Waals surface area contributed by atoms with E-state index in [1.54, 1.807) is 0 Å². The summed E-state index contributed by atoms with van der Waals surface area (Å²) in [5, 5.41) is 35.3. The number of halogens is 1. The number of carboxylic acids is 2. The lowest BCUT2D eigenvalue weighted by Gasteiger charge is -2.24. The molecule has 4 aromatic rings. The Morgan fingerprint density at radius 2 is 1.54 bits per heavy atom. The maximum absolute atomic E-state index is 14.8. The van der Waals surface area contributed by atoms with Crippen LogP contribution in [-0.2, 0) is 11.2 Å². The smallest absolute Gasteiger partial charge is 0.335 e. The minimum absolute atomic E-state index is 0.000758. The third-order valence-electron chi connectivity index (χ3n) is 8.43. The molecule has 1 aliphatic carbocycles. The Morgan fingerprint density at radius 3 is 2.19 bits per heavy atom. The molecule has 3 amide bonds. The van der Waals surface area contributed by atoms with Crippen LogP contribution in [0.5, 0.6) is 0 Å². The van der Waals surface area contributed by atoms with Gasteiger partial charge in [-0.25, -0.2) is 19.0 Å². The van der Waals surface area contributed by atoms with Crippen molar-refractivity contribution in [1.82, 2.24) is 20.6 Å². The Morgan fingerprint density at radius 1 is 0.896 bits per heavy atom. The average molecular weight is 660 g/mol. The molecule has 1 aliphatic rings. The van der Waals surface area contributed by atoms with Gasteiger partial charge in [0.2, 0.25) is 0 Å². The lowest BCUT2D eigenvalue weighted by molar-refractivity contribution is -0.125. The summed E-state index contributed by atoms with van der Waals surface area (Å²) in [6, 6.07) is 9.22. The van der Waals surface area contributed by atoms with E-state index in [4.69, 9.17) is 0 Å². The number of fused-ring (bicyclic) bond motifs is 1. The number of hydrogen-bond donors (Lipinski definition) is 6. The van der Waals surface area contributed by atoms with E-state index in [9.17, 15) is 43.8 Å². The number of aromatic amines is 1. The minimum atomic E-state index is -1.67. The van der Waals surface area contributed by atoms with Gasteiger partial charge in [-0.2, -0.15) is 5.06 Å². The first-order chi connectivity index (χ1) is 23.0. The van der Waals surface area contributed by atoms with Gasteiger partial charge < -0.3 is 25.8 Å². The first-order valence-corrected chi connectivity index (χ1v) is 15.5. The monoisotopic (exact) mass is 659 g/mol. The summed E-state index contributed by atoms with van der Waals surface area (Å²) in [6.45, 7) is 0.419. The average Bonchev–Trinajstić information content (AvgIpc) is 3.38. The van der Waals surface area contributed by atoms with Crippen LogP contribution in [0.1, 0.15) is 85.5 Å². The maximum Gasteiger partial charge on any atom is 0.335 e. The largest absolute Gasteiger partial charge is 0.478 e. The van der Waals surface area contributed by atoms with Gasteiger partial charge in [0.15, 0.2) is 0 Å². The summed E-state index contributed by atoms with van der Waals surface area (Å²) >= 11 is 0. The van der Waals surface area contributed by atoms with Gasteiger partial charge in [-0.05, 0) is 60.7 Å². The third-order valence-corrected chi connectivity index (χ3v) is 8.43. The first-order valence-electron chi connectivity index (χ1n) is 15.5. The van der Waals surface area contributed by atoms with Gasteiger partial charge in [0.1, 0.15) is 11.9 Å². The molecule has 0 saturated heterocycles. The van der Waals surface area contributed by atoms with E-state index < -0.39 is 64.8 Å². The van der Waals surface area contributed by atoms with E-state index in [1.807, 2.05) is 0 Å². The van der Waals surface area contributed by atoms with Crippen LogP contribution >= 0.6 is 0 Å². The lowest BCUT2D eigenvalue weighted by Crippen LogP contribution is -2.49. The molecule has 1 fully saturated rings. The quantitative estimate of drug-likeness (QED) is 0.0758. The number of carbonyl (C=O) groups excluding carboxylic acids is 3. The molecule has 1 aromatic heterocycles. The van der Waals surface area contributed by atoms with Gasteiger partial charge in [-0.15, -0.1) is 0 Å². The molecule has 0 radical (unpaired) electrons. The molecule has 14 heteroatoms. The highest BCUT2D eigenvalue weighted by Gasteiger charge is 2.31. The van der Waals surface area contributed by atoms with Crippen LogP contribution in [0.25, 0.3) is 11.0 Å². The van der Waals surface area contributed by atoms with E-state index >= 15 is 0 Å². The van der Waals surface area contributed by atoms with E-state index in [-0.39, 0.29) is 21.8 Å². The van der Waals surface area contributed by atoms with E-state index in [0.29, 0.717) is 23.5 Å². The van der Waals surface area contributed by atoms with Crippen molar-refractivity contribution >= 4 is 46.4 Å². The number of carboxylic acid groups (broad SMARTS) is 2. The zero-order valence-electron chi connectivity index (χ0n) is 25.7. The van der Waals surface area contributed by atoms with Crippen molar-refractivity contribution < 1.29 is 43.8 Å². The molecule has 0 bridgehead atoms. The lowest BCUT2D eigenvalue weighted by atomic mass is 9.99. The van der Waals surface area contributed by atoms with Crippen molar-refractivity contribution in [2.75, 3.05) is 11.6 Å². The van der Waals surface area contributed by atoms with Gasteiger partial charge in [0.05, 0.1) is 45.3 Å². The number of imidazole rings is 1. The van der Waals surface area contributed by atoms with Gasteiger partial charge >= 0.3 is 11.9 Å². The van der Waals surface area contributed by atoms with Crippen molar-refractivity contribution in [2.45, 2.75) is 51.0 Å². The number of anilines is 1. The fraction of sp³-hybridized carbons (Fsp3) is 0.294. The first kappa shape index (κ1) is 33.7. The number of nitrogens with one attached hydrogen (secondary N) is 3. The molecule has 1 atom stereocenters. The molecule has 1 heterocycles. The predicted molar refractivity (Wildman–Crippen MR) is 171 cm³/mol. The topological polar surface area (TPSA) is 202 Å². The number of hydroxylamine groups is 1. The van der Waals surface area contributed by atoms with Crippen molar-refractivity contribution in [2.24, 2.45) is 5.92 Å². The van der Waals surface area contributed by atoms with Crippen molar-refractivity contribution in [1.29, 1.82) is 0 Å². The number of benzene rings is 3. The molecule has 250 valence electrons. The summed E-state index contributed by atoms with van der Waals surface area (Å²) in [6.07, 6.45) is 7.33. The summed E-state index contributed by atoms with van der Waals surface area (Å²) in [5.41, 5.74) is -0.870. The fourth-order valence-corrected chi connectivity index (χ4v) is 5.83. The van der Waals surface area contributed by atoms with Crippen LogP contribution < -0.4 is 15.7 Å². The molecule has 6 N–H and O–H groups in total. The van der Waals surface area contributed by atoms with Crippen LogP contribution in [0.2, 0.25) is 0 Å². The molecule has 5 rings (SSSR count). The fourth-order valence-electron chi connectivity index (χ4n) is 5.83. The molecular weight excluding hydrogens is 625 g/mol. The van der Waals surface area contributed by atoms with Crippen molar-refractivity contribution in [3.05, 3.63) is 94.6 Å². The number of aromatic nitrogens is 2. The van der Waals surface area contributed by atoms with Crippen LogP contribution in [0, 0.1) is 11.7 Å². The van der Waals surface area contributed by atoms with Crippen LogP contribution in [0.3, 0.4) is 0 Å². The number of rotatable bonds is 11. The number of aromatic carboxylic acids is 2. The summed E-state index contributed by atoms with van der Waals surface area (Å²) in [7, 11) is 0. The molecule has 13 nitrogen and oxygen atoms in total. The Bertz CT molecular complexity index is 1840. The minimum Gasteiger partial charge on any atom is -0.478 e. The SMILES string of the molecule is O=C(O)c1cc(C(=O)O)cc(N(O)C(=O)[C@H](Cc2ccccc2F)NC(=O)c2cc3nc[nH]c3cc2C(=O)NCC2CCCCCC2)c1. The molecule has 48 heavy (non-hydrogen) atoms. The van der Waals surface area contributed by atoms with Crippen LogP contribution in [0.4, 0.5) is 10.1 Å². The van der Waals surface area contributed by atoms with Gasteiger partial charge in [0, 0.05) is 13.0 Å². The van der Waals surface area contributed by atoms with E-state index in [0.717, 1.165) is 62.8 Å². The second kappa shape index (κ2) is 14.9. The molecule has 1 saturated carbocycles. The van der Waals surface area contributed by atoms with Crippen LogP contribution in [-0.4, -0.2) is 67.6 Å². The Hall–Kier alpha value is -5.63. The van der Waals surface area contributed by atoms with Gasteiger partial charge in [-0.3, -0.25) is 19.6 Å². The van der Waals surface area contributed by atoms with Gasteiger partial charge in [0.25, 0.3) is 17.7 Å². The molecule has 3 aromatic carbocycles. The number of nitrogens with zero attached hydrogens (tertiary/aromatic N) is 2. The summed E-state index contributed by atoms with van der Waals surface area (Å²) in [5.74, 6) is -6.10. The number of amides is 3. The molecule has 0 unspecified atom stereocenters. The summed E-state index contributed by atoms with van der Waals surface area (Å²) in [4.78, 5) is 71.5. The second-order valence-corrected chi connectivity index (χ2v) is 11.7. The normalized spacial score (nSPS) is 14.1. The predicted octanol–water partition coefficient (Wildman–Crippen LogP) is 4.56. The van der Waals surface area contributed by atoms with Crippen molar-refractivity contribution in [3.8, 4) is 0 Å². The van der Waals surface area contributed by atoms with Crippen LogP contribution in [0.15, 0.2) is 60.9 Å². The zero-order chi connectivity index (χ0) is 34.4. The number of carbonyl (C=O) groups is 5. The highest BCUT2D eigenvalue weighted by Crippen LogP contribution is 2.24. The third kappa shape index (κ3) is 7.83. The van der Waals surface area contributed by atoms with Gasteiger partial charge in [-0.1, -0.05) is 43.9 Å². The molecule has 0 aliphatic heterocycles. The maximum atomic E-state index is 14.8. The number of hydrogen-bond acceptors (Lipinski definition) is 7. The molecular formula is C34H34FN5O8. The Kier molecular flexibility index (Phi) is 10.4. The highest BCUT2D eigenvalue weighted by atomic mass is 19.1.